The fourth-order valence-corrected chi connectivity index (χ4v) is 3.74. The Morgan fingerprint density at radius 2 is 2.03 bits per heavy atom. The molecule has 1 aliphatic carbocycles. The lowest BCUT2D eigenvalue weighted by atomic mass is 10.2. The largest absolute Gasteiger partial charge is 0.331 e. The highest BCUT2D eigenvalue weighted by Crippen LogP contribution is 2.31. The number of halogens is 3. The van der Waals surface area contributed by atoms with Gasteiger partial charge in [0.05, 0.1) is 13.1 Å². The van der Waals surface area contributed by atoms with Gasteiger partial charge >= 0.3 is 0 Å². The molecule has 0 unspecified atom stereocenters. The van der Waals surface area contributed by atoms with Crippen LogP contribution in [0.5, 0.6) is 0 Å². The van der Waals surface area contributed by atoms with Crippen LogP contribution in [0.25, 0.3) is 0 Å². The highest BCUT2D eigenvalue weighted by molar-refractivity contribution is 6.35. The highest BCUT2D eigenvalue weighted by Gasteiger charge is 2.28. The monoisotopic (exact) mass is 431 g/mol. The van der Waals surface area contributed by atoms with E-state index in [4.69, 9.17) is 23.2 Å². The zero-order chi connectivity index (χ0) is 20.4. The van der Waals surface area contributed by atoms with E-state index < -0.39 is 5.82 Å². The molecule has 1 saturated carbocycles. The Labute approximate surface area is 178 Å². The quantitative estimate of drug-likeness (QED) is 0.500. The molecule has 1 heterocycles. The van der Waals surface area contributed by atoms with Crippen molar-refractivity contribution < 1.29 is 9.18 Å². The van der Waals surface area contributed by atoms with Crippen LogP contribution >= 0.6 is 23.2 Å². The summed E-state index contributed by atoms with van der Waals surface area (Å²) in [6, 6.07) is 11.2. The first-order valence-electron chi connectivity index (χ1n) is 9.48. The molecule has 1 fully saturated rings. The minimum absolute atomic E-state index is 0.185. The normalized spacial score (nSPS) is 13.5. The topological polar surface area (TPSA) is 38.1 Å². The van der Waals surface area contributed by atoms with E-state index in [-0.39, 0.29) is 5.91 Å². The maximum absolute atomic E-state index is 13.6. The molecule has 150 valence electrons. The summed E-state index contributed by atoms with van der Waals surface area (Å²) >= 11 is 12.3. The summed E-state index contributed by atoms with van der Waals surface area (Å²) < 4.78 is 15.6. The van der Waals surface area contributed by atoms with Crippen LogP contribution in [0, 0.1) is 11.7 Å². The van der Waals surface area contributed by atoms with Gasteiger partial charge in [-0.3, -0.25) is 4.79 Å². The third kappa shape index (κ3) is 4.98. The summed E-state index contributed by atoms with van der Waals surface area (Å²) in [6.45, 7) is 1.52. The van der Waals surface area contributed by atoms with Gasteiger partial charge in [-0.25, -0.2) is 9.37 Å². The number of hydrogen-bond acceptors (Lipinski definition) is 2. The van der Waals surface area contributed by atoms with Crippen LogP contribution in [0.4, 0.5) is 4.39 Å². The van der Waals surface area contributed by atoms with Gasteiger partial charge in [-0.2, -0.15) is 0 Å². The van der Waals surface area contributed by atoms with Crippen LogP contribution in [0.3, 0.4) is 0 Å². The number of rotatable bonds is 7. The zero-order valence-corrected chi connectivity index (χ0v) is 17.2. The fourth-order valence-electron chi connectivity index (χ4n) is 3.28. The van der Waals surface area contributed by atoms with Crippen molar-refractivity contribution in [3.63, 3.8) is 0 Å². The van der Waals surface area contributed by atoms with Crippen LogP contribution in [-0.4, -0.2) is 26.9 Å². The van der Waals surface area contributed by atoms with Gasteiger partial charge in [0.2, 0.25) is 0 Å². The maximum Gasteiger partial charge on any atom is 0.254 e. The highest BCUT2D eigenvalue weighted by atomic mass is 35.5. The van der Waals surface area contributed by atoms with Gasteiger partial charge < -0.3 is 9.47 Å². The molecule has 3 aromatic rings. The van der Waals surface area contributed by atoms with Crippen molar-refractivity contribution in [2.24, 2.45) is 5.92 Å². The molecular formula is C22H20Cl2FN3O. The third-order valence-electron chi connectivity index (χ3n) is 5.02. The number of aromatic nitrogens is 2. The van der Waals surface area contributed by atoms with E-state index in [0.29, 0.717) is 41.2 Å². The Morgan fingerprint density at radius 3 is 2.76 bits per heavy atom. The number of amides is 1. The molecule has 0 saturated heterocycles. The Kier molecular flexibility index (Phi) is 5.88. The smallest absolute Gasteiger partial charge is 0.254 e. The van der Waals surface area contributed by atoms with E-state index in [1.165, 1.54) is 12.1 Å². The van der Waals surface area contributed by atoms with Gasteiger partial charge in [-0.05, 0) is 54.7 Å². The molecule has 1 amide bonds. The third-order valence-corrected chi connectivity index (χ3v) is 5.61. The molecule has 1 aliphatic rings. The van der Waals surface area contributed by atoms with Crippen molar-refractivity contribution in [3.05, 3.63) is 87.7 Å². The molecule has 0 radical (unpaired) electrons. The second-order valence-electron chi connectivity index (χ2n) is 7.35. The summed E-state index contributed by atoms with van der Waals surface area (Å²) in [4.78, 5) is 19.2. The van der Waals surface area contributed by atoms with Gasteiger partial charge in [-0.15, -0.1) is 0 Å². The standard InChI is InChI=1S/C22H20Cl2FN3O/c23-18-7-6-17(20(24)11-18)13-27-9-8-26-21(27)14-28(12-15-4-5-15)22(29)16-2-1-3-19(25)10-16/h1-3,6-11,15H,4-5,12-14H2. The summed E-state index contributed by atoms with van der Waals surface area (Å²) in [6.07, 6.45) is 5.80. The van der Waals surface area contributed by atoms with Crippen LogP contribution in [0.2, 0.25) is 10.0 Å². The van der Waals surface area contributed by atoms with Crippen LogP contribution < -0.4 is 0 Å². The number of nitrogens with zero attached hydrogens (tertiary/aromatic N) is 3. The maximum atomic E-state index is 13.6. The average Bonchev–Trinajstić information content (AvgIpc) is 3.41. The summed E-state index contributed by atoms with van der Waals surface area (Å²) in [5, 5.41) is 1.17. The van der Waals surface area contributed by atoms with Crippen molar-refractivity contribution in [1.29, 1.82) is 0 Å². The molecule has 0 N–H and O–H groups in total. The predicted octanol–water partition coefficient (Wildman–Crippen LogP) is 5.43. The fraction of sp³-hybridized carbons (Fsp3) is 0.273. The molecule has 4 nitrogen and oxygen atoms in total. The number of imidazole rings is 1. The van der Waals surface area contributed by atoms with E-state index in [9.17, 15) is 9.18 Å². The predicted molar refractivity (Wildman–Crippen MR) is 112 cm³/mol. The Bertz CT molecular complexity index is 1030. The first kappa shape index (κ1) is 19.9. The molecule has 0 spiro atoms. The second kappa shape index (κ2) is 8.56. The number of carbonyl (C=O) groups excluding carboxylic acids is 1. The minimum Gasteiger partial charge on any atom is -0.331 e. The molecule has 1 aromatic heterocycles. The summed E-state index contributed by atoms with van der Waals surface area (Å²) in [5.74, 6) is 0.652. The summed E-state index contributed by atoms with van der Waals surface area (Å²) in [7, 11) is 0. The number of hydrogen-bond donors (Lipinski definition) is 0. The van der Waals surface area contributed by atoms with E-state index >= 15 is 0 Å². The van der Waals surface area contributed by atoms with Gasteiger partial charge in [0.15, 0.2) is 0 Å². The Balaban J connectivity index is 1.55. The first-order chi connectivity index (χ1) is 14.0. The Morgan fingerprint density at radius 1 is 1.21 bits per heavy atom. The van der Waals surface area contributed by atoms with Crippen LogP contribution in [0.1, 0.15) is 34.6 Å². The van der Waals surface area contributed by atoms with Crippen molar-refractivity contribution in [1.82, 2.24) is 14.5 Å². The number of carbonyl (C=O) groups is 1. The molecule has 29 heavy (non-hydrogen) atoms. The van der Waals surface area contributed by atoms with E-state index in [1.54, 1.807) is 35.4 Å². The van der Waals surface area contributed by atoms with Crippen LogP contribution in [0.15, 0.2) is 54.9 Å². The second-order valence-corrected chi connectivity index (χ2v) is 8.19. The van der Waals surface area contributed by atoms with Gasteiger partial charge in [0, 0.05) is 34.5 Å². The molecule has 4 rings (SSSR count). The molecule has 0 bridgehead atoms. The lowest BCUT2D eigenvalue weighted by Crippen LogP contribution is -2.33. The van der Waals surface area contributed by atoms with E-state index in [1.807, 2.05) is 16.8 Å². The van der Waals surface area contributed by atoms with Crippen molar-refractivity contribution in [2.45, 2.75) is 25.9 Å². The zero-order valence-electron chi connectivity index (χ0n) is 15.7. The van der Waals surface area contributed by atoms with E-state index in [0.717, 1.165) is 24.2 Å². The van der Waals surface area contributed by atoms with E-state index in [2.05, 4.69) is 4.98 Å². The SMILES string of the molecule is O=C(c1cccc(F)c1)N(Cc1nccn1Cc1ccc(Cl)cc1Cl)CC1CC1. The van der Waals surface area contributed by atoms with Gasteiger partial charge in [-0.1, -0.05) is 35.3 Å². The first-order valence-corrected chi connectivity index (χ1v) is 10.2. The van der Waals surface area contributed by atoms with Gasteiger partial charge in [0.1, 0.15) is 11.6 Å². The Hall–Kier alpha value is -2.37. The van der Waals surface area contributed by atoms with Crippen molar-refractivity contribution >= 4 is 29.1 Å². The van der Waals surface area contributed by atoms with Crippen LogP contribution in [-0.2, 0) is 13.1 Å². The molecule has 0 aliphatic heterocycles. The molecule has 0 atom stereocenters. The van der Waals surface area contributed by atoms with Gasteiger partial charge in [0.25, 0.3) is 5.91 Å². The lowest BCUT2D eigenvalue weighted by molar-refractivity contribution is 0.0728. The van der Waals surface area contributed by atoms with Crippen molar-refractivity contribution in [3.8, 4) is 0 Å². The minimum atomic E-state index is -0.416. The molecule has 2 aromatic carbocycles. The summed E-state index contributed by atoms with van der Waals surface area (Å²) in [5.41, 5.74) is 1.27. The average molecular weight is 432 g/mol. The molecule has 7 heteroatoms. The lowest BCUT2D eigenvalue weighted by Gasteiger charge is -2.23. The molecular weight excluding hydrogens is 412 g/mol. The van der Waals surface area contributed by atoms with Crippen molar-refractivity contribution in [2.75, 3.05) is 6.54 Å². The number of benzene rings is 2.